The van der Waals surface area contributed by atoms with Gasteiger partial charge in [0, 0.05) is 30.6 Å². The lowest BCUT2D eigenvalue weighted by Crippen LogP contribution is -2.39. The number of ether oxygens (including phenoxy) is 2. The van der Waals surface area contributed by atoms with E-state index < -0.39 is 0 Å². The molecule has 0 spiro atoms. The highest BCUT2D eigenvalue weighted by Gasteiger charge is 2.27. The lowest BCUT2D eigenvalue weighted by molar-refractivity contribution is 0.0700. The fourth-order valence-corrected chi connectivity index (χ4v) is 3.83. The zero-order chi connectivity index (χ0) is 19.3. The Morgan fingerprint density at radius 1 is 1.25 bits per heavy atom. The number of thiazole rings is 1. The second-order valence-corrected chi connectivity index (χ2v) is 7.22. The van der Waals surface area contributed by atoms with Gasteiger partial charge in [0.2, 0.25) is 5.88 Å². The van der Waals surface area contributed by atoms with Gasteiger partial charge in [-0.15, -0.1) is 11.3 Å². The minimum Gasteiger partial charge on any atom is -0.493 e. The summed E-state index contributed by atoms with van der Waals surface area (Å²) in [6.45, 7) is 1.33. The molecule has 0 unspecified atom stereocenters. The number of nitrogens with zero attached hydrogens (tertiary/aromatic N) is 4. The Labute approximate surface area is 167 Å². The van der Waals surface area contributed by atoms with Crippen molar-refractivity contribution in [3.8, 4) is 17.4 Å². The number of aromatic nitrogens is 3. The van der Waals surface area contributed by atoms with Gasteiger partial charge in [0.25, 0.3) is 5.91 Å². The van der Waals surface area contributed by atoms with E-state index in [-0.39, 0.29) is 11.8 Å². The molecule has 1 amide bonds. The summed E-state index contributed by atoms with van der Waals surface area (Å²) in [5, 5.41) is 1.79. The van der Waals surface area contributed by atoms with Crippen molar-refractivity contribution in [3.63, 3.8) is 0 Å². The van der Waals surface area contributed by atoms with Crippen molar-refractivity contribution in [1.29, 1.82) is 0 Å². The number of piperidine rings is 1. The number of benzene rings is 1. The predicted molar refractivity (Wildman–Crippen MR) is 105 cm³/mol. The monoisotopic (exact) mass is 396 g/mol. The van der Waals surface area contributed by atoms with Gasteiger partial charge in [-0.3, -0.25) is 9.78 Å². The van der Waals surface area contributed by atoms with Crippen molar-refractivity contribution in [2.24, 2.45) is 0 Å². The maximum Gasteiger partial charge on any atom is 0.273 e. The van der Waals surface area contributed by atoms with Crippen LogP contribution in [-0.4, -0.2) is 46.0 Å². The first-order valence-electron chi connectivity index (χ1n) is 9.05. The summed E-state index contributed by atoms with van der Waals surface area (Å²) in [6, 6.07) is 7.40. The highest BCUT2D eigenvalue weighted by atomic mass is 32.1. The molecule has 0 saturated carbocycles. The molecular weight excluding hydrogens is 376 g/mol. The van der Waals surface area contributed by atoms with Crippen molar-refractivity contribution < 1.29 is 14.3 Å². The van der Waals surface area contributed by atoms with Crippen LogP contribution in [-0.2, 0) is 0 Å². The van der Waals surface area contributed by atoms with E-state index in [1.54, 1.807) is 30.4 Å². The number of amides is 1. The Morgan fingerprint density at radius 3 is 2.89 bits per heavy atom. The molecule has 3 heterocycles. The second-order valence-electron chi connectivity index (χ2n) is 6.50. The molecule has 8 heteroatoms. The molecule has 1 aromatic carbocycles. The van der Waals surface area contributed by atoms with Crippen LogP contribution >= 0.6 is 11.3 Å². The summed E-state index contributed by atoms with van der Waals surface area (Å²) in [4.78, 5) is 27.5. The van der Waals surface area contributed by atoms with E-state index >= 15 is 0 Å². The van der Waals surface area contributed by atoms with E-state index in [4.69, 9.17) is 9.47 Å². The largest absolute Gasteiger partial charge is 0.493 e. The van der Waals surface area contributed by atoms with E-state index in [0.717, 1.165) is 25.1 Å². The van der Waals surface area contributed by atoms with Gasteiger partial charge in [0.05, 0.1) is 24.5 Å². The van der Waals surface area contributed by atoms with Crippen LogP contribution in [0.25, 0.3) is 0 Å². The normalized spacial score (nSPS) is 16.6. The number of carbonyl (C=O) groups is 1. The summed E-state index contributed by atoms with van der Waals surface area (Å²) in [6.07, 6.45) is 5.20. The Kier molecular flexibility index (Phi) is 5.48. The van der Waals surface area contributed by atoms with E-state index in [2.05, 4.69) is 15.0 Å². The minimum atomic E-state index is -0.0275. The fourth-order valence-electron chi connectivity index (χ4n) is 3.31. The average molecular weight is 396 g/mol. The standard InChI is InChI=1S/C20H20N4O3S/c1-26-17-6-2-3-7-18(17)27-19-10-21-9-15(23-19)14-5-4-8-24(11-14)20(25)16-12-28-13-22-16/h2-3,6-7,9-10,12-14H,4-5,8,11H2,1H3/t14-/m1/s1. The third-order valence-corrected chi connectivity index (χ3v) is 5.28. The molecule has 0 aliphatic carbocycles. The van der Waals surface area contributed by atoms with Crippen LogP contribution in [0.2, 0.25) is 0 Å². The van der Waals surface area contributed by atoms with Crippen LogP contribution in [0.3, 0.4) is 0 Å². The first-order chi connectivity index (χ1) is 13.7. The van der Waals surface area contributed by atoms with Gasteiger partial charge in [-0.05, 0) is 25.0 Å². The van der Waals surface area contributed by atoms with Crippen molar-refractivity contribution >= 4 is 17.2 Å². The van der Waals surface area contributed by atoms with Gasteiger partial charge in [0.1, 0.15) is 5.69 Å². The third kappa shape index (κ3) is 3.96. The number of carbonyl (C=O) groups excluding carboxylic acids is 1. The first-order valence-corrected chi connectivity index (χ1v) is 9.99. The van der Waals surface area contributed by atoms with Crippen LogP contribution in [0.1, 0.15) is 34.9 Å². The molecule has 1 atom stereocenters. The number of hydrogen-bond acceptors (Lipinski definition) is 7. The van der Waals surface area contributed by atoms with Crippen LogP contribution in [0.5, 0.6) is 17.4 Å². The Balaban J connectivity index is 1.50. The molecule has 7 nitrogen and oxygen atoms in total. The van der Waals surface area contributed by atoms with E-state index in [9.17, 15) is 4.79 Å². The lowest BCUT2D eigenvalue weighted by atomic mass is 9.95. The maximum absolute atomic E-state index is 12.6. The molecule has 0 N–H and O–H groups in total. The molecule has 0 bridgehead atoms. The fraction of sp³-hybridized carbons (Fsp3) is 0.300. The zero-order valence-corrected chi connectivity index (χ0v) is 16.3. The Hall–Kier alpha value is -3.00. The summed E-state index contributed by atoms with van der Waals surface area (Å²) in [5.74, 6) is 1.71. The van der Waals surface area contributed by atoms with Gasteiger partial charge in [-0.25, -0.2) is 9.97 Å². The molecule has 1 aliphatic rings. The first kappa shape index (κ1) is 18.4. The van der Waals surface area contributed by atoms with Crippen molar-refractivity contribution in [1.82, 2.24) is 19.9 Å². The summed E-state index contributed by atoms with van der Waals surface area (Å²) in [7, 11) is 1.60. The number of hydrogen-bond donors (Lipinski definition) is 0. The summed E-state index contributed by atoms with van der Waals surface area (Å²) >= 11 is 1.43. The summed E-state index contributed by atoms with van der Waals surface area (Å²) < 4.78 is 11.2. The van der Waals surface area contributed by atoms with Gasteiger partial charge < -0.3 is 14.4 Å². The molecule has 1 fully saturated rings. The molecule has 28 heavy (non-hydrogen) atoms. The number of rotatable bonds is 5. The minimum absolute atomic E-state index is 0.0275. The van der Waals surface area contributed by atoms with Gasteiger partial charge in [0.15, 0.2) is 11.5 Å². The van der Waals surface area contributed by atoms with Gasteiger partial charge in [-0.2, -0.15) is 0 Å². The third-order valence-electron chi connectivity index (χ3n) is 4.69. The van der Waals surface area contributed by atoms with Crippen molar-refractivity contribution in [2.45, 2.75) is 18.8 Å². The molecule has 3 aromatic rings. The predicted octanol–water partition coefficient (Wildman–Crippen LogP) is 3.75. The smallest absolute Gasteiger partial charge is 0.273 e. The number of likely N-dealkylation sites (tertiary alicyclic amines) is 1. The van der Waals surface area contributed by atoms with E-state index in [1.807, 2.05) is 29.2 Å². The molecular formula is C20H20N4O3S. The molecule has 2 aromatic heterocycles. The maximum atomic E-state index is 12.6. The number of methoxy groups -OCH3 is 1. The molecule has 144 valence electrons. The van der Waals surface area contributed by atoms with Crippen molar-refractivity contribution in [2.75, 3.05) is 20.2 Å². The molecule has 1 aliphatic heterocycles. The second kappa shape index (κ2) is 8.35. The van der Waals surface area contributed by atoms with Crippen molar-refractivity contribution in [3.05, 3.63) is 58.9 Å². The van der Waals surface area contributed by atoms with Gasteiger partial charge in [-0.1, -0.05) is 12.1 Å². The Bertz CT molecular complexity index is 948. The molecule has 1 saturated heterocycles. The number of para-hydroxylation sites is 2. The van der Waals surface area contributed by atoms with E-state index in [0.29, 0.717) is 29.6 Å². The van der Waals surface area contributed by atoms with Crippen LogP contribution in [0.15, 0.2) is 47.5 Å². The van der Waals surface area contributed by atoms with Gasteiger partial charge >= 0.3 is 0 Å². The quantitative estimate of drug-likeness (QED) is 0.654. The highest BCUT2D eigenvalue weighted by Crippen LogP contribution is 2.31. The zero-order valence-electron chi connectivity index (χ0n) is 15.4. The lowest BCUT2D eigenvalue weighted by Gasteiger charge is -2.32. The van der Waals surface area contributed by atoms with Crippen LogP contribution in [0.4, 0.5) is 0 Å². The van der Waals surface area contributed by atoms with Crippen LogP contribution in [0, 0.1) is 0 Å². The summed E-state index contributed by atoms with van der Waals surface area (Å²) in [5.41, 5.74) is 3.01. The topological polar surface area (TPSA) is 77.4 Å². The molecule has 0 radical (unpaired) electrons. The van der Waals surface area contributed by atoms with Crippen LogP contribution < -0.4 is 9.47 Å². The average Bonchev–Trinajstić information content (AvgIpc) is 3.29. The van der Waals surface area contributed by atoms with E-state index in [1.165, 1.54) is 11.3 Å². The molecule has 4 rings (SSSR count). The Morgan fingerprint density at radius 2 is 2.11 bits per heavy atom. The SMILES string of the molecule is COc1ccccc1Oc1cncc([C@@H]2CCCN(C(=O)c3cscn3)C2)n1. The highest BCUT2D eigenvalue weighted by molar-refractivity contribution is 7.07.